The molecule has 0 atom stereocenters. The van der Waals surface area contributed by atoms with E-state index >= 15 is 0 Å². The lowest BCUT2D eigenvalue weighted by Crippen LogP contribution is -2.13. The minimum Gasteiger partial charge on any atom is -0.492 e. The van der Waals surface area contributed by atoms with Crippen LogP contribution in [0.4, 0.5) is 18.9 Å². The summed E-state index contributed by atoms with van der Waals surface area (Å²) in [5, 5.41) is 0.206. The molecule has 0 spiro atoms. The summed E-state index contributed by atoms with van der Waals surface area (Å²) < 4.78 is 40.2. The summed E-state index contributed by atoms with van der Waals surface area (Å²) >= 11 is 5.69. The van der Waals surface area contributed by atoms with Crippen molar-refractivity contribution in [1.29, 1.82) is 0 Å². The van der Waals surface area contributed by atoms with E-state index in [1.165, 1.54) is 18.2 Å². The van der Waals surface area contributed by atoms with Gasteiger partial charge in [-0.05, 0) is 18.2 Å². The molecule has 84 valence electrons. The van der Waals surface area contributed by atoms with Crippen molar-refractivity contribution in [3.8, 4) is 5.75 Å². The molecule has 0 aromatic heterocycles. The van der Waals surface area contributed by atoms with E-state index in [1.807, 2.05) is 0 Å². The molecule has 1 aromatic carbocycles. The van der Waals surface area contributed by atoms with Gasteiger partial charge in [0.15, 0.2) is 0 Å². The Morgan fingerprint density at radius 2 is 2.00 bits per heavy atom. The molecule has 0 aliphatic rings. The second-order valence-electron chi connectivity index (χ2n) is 2.90. The van der Waals surface area contributed by atoms with E-state index in [0.29, 0.717) is 5.69 Å². The lowest BCUT2D eigenvalue weighted by molar-refractivity contribution is -0.139. The van der Waals surface area contributed by atoms with Crippen molar-refractivity contribution >= 4 is 17.3 Å². The third kappa shape index (κ3) is 4.29. The van der Waals surface area contributed by atoms with Crippen LogP contribution >= 0.6 is 11.6 Å². The molecule has 0 unspecified atom stereocenters. The molecule has 0 bridgehead atoms. The Hall–Kier alpha value is -1.10. The molecule has 0 fully saturated rings. The van der Waals surface area contributed by atoms with Gasteiger partial charge in [0.05, 0.1) is 18.1 Å². The van der Waals surface area contributed by atoms with Crippen molar-refractivity contribution in [3.05, 3.63) is 23.2 Å². The SMILES string of the molecule is Nc1ccc(OCCC(F)(F)F)c(Cl)c1. The molecule has 1 aromatic rings. The first-order valence-corrected chi connectivity index (χ1v) is 4.51. The molecule has 1 rings (SSSR count). The Labute approximate surface area is 89.8 Å². The van der Waals surface area contributed by atoms with Crippen LogP contribution in [0.1, 0.15) is 6.42 Å². The Morgan fingerprint density at radius 3 is 2.53 bits per heavy atom. The maximum absolute atomic E-state index is 11.8. The standard InChI is InChI=1S/C9H9ClF3NO/c10-7-5-6(14)1-2-8(7)15-4-3-9(11,12)13/h1-2,5H,3-4,14H2. The number of hydrogen-bond acceptors (Lipinski definition) is 2. The summed E-state index contributed by atoms with van der Waals surface area (Å²) in [6.07, 6.45) is -5.23. The first kappa shape index (κ1) is 12.0. The highest BCUT2D eigenvalue weighted by atomic mass is 35.5. The summed E-state index contributed by atoms with van der Waals surface area (Å²) in [6, 6.07) is 4.37. The van der Waals surface area contributed by atoms with Crippen molar-refractivity contribution in [2.75, 3.05) is 12.3 Å². The third-order valence-corrected chi connectivity index (χ3v) is 1.89. The Bertz CT molecular complexity index is 341. The van der Waals surface area contributed by atoms with Crippen LogP contribution in [0.15, 0.2) is 18.2 Å². The number of rotatable bonds is 3. The van der Waals surface area contributed by atoms with Crippen LogP contribution in [-0.2, 0) is 0 Å². The predicted octanol–water partition coefficient (Wildman–Crippen LogP) is 3.25. The van der Waals surface area contributed by atoms with Crippen LogP contribution in [-0.4, -0.2) is 12.8 Å². The fourth-order valence-electron chi connectivity index (χ4n) is 0.911. The molecule has 0 radical (unpaired) electrons. The number of ether oxygens (including phenoxy) is 1. The van der Waals surface area contributed by atoms with Gasteiger partial charge >= 0.3 is 6.18 Å². The molecule has 2 N–H and O–H groups in total. The van der Waals surface area contributed by atoms with Gasteiger partial charge in [-0.15, -0.1) is 0 Å². The minimum absolute atomic E-state index is 0.204. The van der Waals surface area contributed by atoms with Crippen molar-refractivity contribution in [2.45, 2.75) is 12.6 Å². The fourth-order valence-corrected chi connectivity index (χ4v) is 1.15. The van der Waals surface area contributed by atoms with E-state index in [2.05, 4.69) is 0 Å². The molecule has 0 aliphatic carbocycles. The number of anilines is 1. The fraction of sp³-hybridized carbons (Fsp3) is 0.333. The monoisotopic (exact) mass is 239 g/mol. The highest BCUT2D eigenvalue weighted by Crippen LogP contribution is 2.27. The normalized spacial score (nSPS) is 11.5. The van der Waals surface area contributed by atoms with Gasteiger partial charge < -0.3 is 10.5 Å². The summed E-state index contributed by atoms with van der Waals surface area (Å²) in [4.78, 5) is 0. The zero-order valence-corrected chi connectivity index (χ0v) is 8.40. The lowest BCUT2D eigenvalue weighted by atomic mass is 10.3. The van der Waals surface area contributed by atoms with Crippen LogP contribution in [0.3, 0.4) is 0 Å². The molecule has 2 nitrogen and oxygen atoms in total. The number of nitrogen functional groups attached to an aromatic ring is 1. The van der Waals surface area contributed by atoms with E-state index in [1.54, 1.807) is 0 Å². The van der Waals surface area contributed by atoms with Gasteiger partial charge in [0.1, 0.15) is 5.75 Å². The van der Waals surface area contributed by atoms with Crippen LogP contribution in [0.5, 0.6) is 5.75 Å². The Morgan fingerprint density at radius 1 is 1.33 bits per heavy atom. The summed E-state index contributed by atoms with van der Waals surface area (Å²) in [5.41, 5.74) is 5.84. The molecular formula is C9H9ClF3NO. The predicted molar refractivity (Wildman–Crippen MR) is 52.0 cm³/mol. The zero-order chi connectivity index (χ0) is 11.5. The maximum Gasteiger partial charge on any atom is 0.392 e. The highest BCUT2D eigenvalue weighted by Gasteiger charge is 2.26. The third-order valence-electron chi connectivity index (χ3n) is 1.60. The van der Waals surface area contributed by atoms with Crippen molar-refractivity contribution in [1.82, 2.24) is 0 Å². The quantitative estimate of drug-likeness (QED) is 0.822. The summed E-state index contributed by atoms with van der Waals surface area (Å²) in [6.45, 7) is -0.451. The van der Waals surface area contributed by atoms with Crippen LogP contribution < -0.4 is 10.5 Å². The molecule has 6 heteroatoms. The molecule has 0 saturated heterocycles. The van der Waals surface area contributed by atoms with E-state index < -0.39 is 19.2 Å². The lowest BCUT2D eigenvalue weighted by Gasteiger charge is -2.10. The van der Waals surface area contributed by atoms with Crippen molar-refractivity contribution in [3.63, 3.8) is 0 Å². The van der Waals surface area contributed by atoms with Gasteiger partial charge in [0, 0.05) is 5.69 Å². The van der Waals surface area contributed by atoms with Gasteiger partial charge in [-0.1, -0.05) is 11.6 Å². The van der Waals surface area contributed by atoms with E-state index in [0.717, 1.165) is 0 Å². The molecule has 0 amide bonds. The molecule has 0 saturated carbocycles. The number of benzene rings is 1. The van der Waals surface area contributed by atoms with Crippen LogP contribution in [0.25, 0.3) is 0 Å². The summed E-state index contributed by atoms with van der Waals surface area (Å²) in [5.74, 6) is 0.204. The first-order chi connectivity index (χ1) is 6.88. The smallest absolute Gasteiger partial charge is 0.392 e. The minimum atomic E-state index is -4.22. The number of alkyl halides is 3. The van der Waals surface area contributed by atoms with Gasteiger partial charge in [-0.3, -0.25) is 0 Å². The topological polar surface area (TPSA) is 35.2 Å². The van der Waals surface area contributed by atoms with E-state index in [-0.39, 0.29) is 10.8 Å². The van der Waals surface area contributed by atoms with Gasteiger partial charge in [-0.25, -0.2) is 0 Å². The Balaban J connectivity index is 2.51. The molecule has 15 heavy (non-hydrogen) atoms. The average Bonchev–Trinajstić information content (AvgIpc) is 2.07. The molecule has 0 heterocycles. The van der Waals surface area contributed by atoms with Crippen molar-refractivity contribution in [2.24, 2.45) is 0 Å². The van der Waals surface area contributed by atoms with Gasteiger partial charge in [-0.2, -0.15) is 13.2 Å². The second-order valence-corrected chi connectivity index (χ2v) is 3.31. The number of nitrogens with two attached hydrogens (primary N) is 1. The summed E-state index contributed by atoms with van der Waals surface area (Å²) in [7, 11) is 0. The van der Waals surface area contributed by atoms with Gasteiger partial charge in [0.25, 0.3) is 0 Å². The average molecular weight is 240 g/mol. The van der Waals surface area contributed by atoms with Gasteiger partial charge in [0.2, 0.25) is 0 Å². The maximum atomic E-state index is 11.8. The molecular weight excluding hydrogens is 231 g/mol. The highest BCUT2D eigenvalue weighted by molar-refractivity contribution is 6.32. The van der Waals surface area contributed by atoms with Crippen LogP contribution in [0, 0.1) is 0 Å². The van der Waals surface area contributed by atoms with Crippen molar-refractivity contribution < 1.29 is 17.9 Å². The zero-order valence-electron chi connectivity index (χ0n) is 7.64. The molecule has 0 aliphatic heterocycles. The van der Waals surface area contributed by atoms with E-state index in [9.17, 15) is 13.2 Å². The van der Waals surface area contributed by atoms with E-state index in [4.69, 9.17) is 22.1 Å². The number of halogens is 4. The Kier molecular flexibility index (Phi) is 3.68. The number of hydrogen-bond donors (Lipinski definition) is 1. The van der Waals surface area contributed by atoms with Crippen LogP contribution in [0.2, 0.25) is 5.02 Å². The first-order valence-electron chi connectivity index (χ1n) is 4.13. The second kappa shape index (κ2) is 4.61. The largest absolute Gasteiger partial charge is 0.492 e.